The van der Waals surface area contributed by atoms with Gasteiger partial charge in [-0.05, 0) is 18.8 Å². The summed E-state index contributed by atoms with van der Waals surface area (Å²) in [6.07, 6.45) is 2.69. The van der Waals surface area contributed by atoms with E-state index in [-0.39, 0.29) is 17.9 Å². The Morgan fingerprint density at radius 2 is 1.75 bits per heavy atom. The van der Waals surface area contributed by atoms with Crippen molar-refractivity contribution in [3.05, 3.63) is 0 Å². The summed E-state index contributed by atoms with van der Waals surface area (Å²) in [6.45, 7) is 7.78. The van der Waals surface area contributed by atoms with Crippen LogP contribution in [0.3, 0.4) is 0 Å². The van der Waals surface area contributed by atoms with Crippen molar-refractivity contribution < 1.29 is 4.79 Å². The molecule has 1 aliphatic heterocycles. The van der Waals surface area contributed by atoms with E-state index in [1.165, 1.54) is 12.8 Å². The van der Waals surface area contributed by atoms with Crippen molar-refractivity contribution in [1.29, 1.82) is 0 Å². The Bertz CT molecular complexity index is 255. The van der Waals surface area contributed by atoms with Crippen LogP contribution in [0.25, 0.3) is 0 Å². The molecule has 1 heterocycles. The predicted octanol–water partition coefficient (Wildman–Crippen LogP) is 0.276. The molecule has 2 fully saturated rings. The molecule has 0 radical (unpaired) electrons. The molecule has 0 spiro atoms. The van der Waals surface area contributed by atoms with Gasteiger partial charge in [0, 0.05) is 32.2 Å². The third-order valence-corrected chi connectivity index (χ3v) is 3.69. The van der Waals surface area contributed by atoms with Gasteiger partial charge in [0.1, 0.15) is 0 Å². The largest absolute Gasteiger partial charge is 0.339 e. The molecule has 1 saturated carbocycles. The highest BCUT2D eigenvalue weighted by Gasteiger charge is 2.33. The Balaban J connectivity index is 1.81. The second-order valence-corrected chi connectivity index (χ2v) is 5.36. The number of carbonyl (C=O) groups excluding carboxylic acids is 1. The van der Waals surface area contributed by atoms with Crippen LogP contribution in [0.2, 0.25) is 0 Å². The smallest absolute Gasteiger partial charge is 0.239 e. The lowest BCUT2D eigenvalue weighted by atomic mass is 10.0. The Morgan fingerprint density at radius 3 is 2.19 bits per heavy atom. The van der Waals surface area contributed by atoms with Gasteiger partial charge in [0.25, 0.3) is 0 Å². The monoisotopic (exact) mass is 225 g/mol. The Morgan fingerprint density at radius 1 is 1.19 bits per heavy atom. The fourth-order valence-corrected chi connectivity index (χ4v) is 2.24. The van der Waals surface area contributed by atoms with Crippen molar-refractivity contribution in [2.75, 3.05) is 26.2 Å². The van der Waals surface area contributed by atoms with Crippen LogP contribution in [0.1, 0.15) is 26.7 Å². The molecule has 0 unspecified atom stereocenters. The first kappa shape index (κ1) is 11.9. The first-order valence-corrected chi connectivity index (χ1v) is 6.38. The van der Waals surface area contributed by atoms with E-state index in [1.54, 1.807) is 0 Å². The van der Waals surface area contributed by atoms with E-state index in [0.717, 1.165) is 32.2 Å². The van der Waals surface area contributed by atoms with E-state index < -0.39 is 0 Å². The third kappa shape index (κ3) is 2.55. The first-order valence-electron chi connectivity index (χ1n) is 6.38. The van der Waals surface area contributed by atoms with Crippen molar-refractivity contribution in [3.8, 4) is 0 Å². The zero-order chi connectivity index (χ0) is 11.7. The van der Waals surface area contributed by atoms with E-state index in [0.29, 0.717) is 0 Å². The molecule has 1 amide bonds. The zero-order valence-electron chi connectivity index (χ0n) is 10.4. The molecule has 2 rings (SSSR count). The van der Waals surface area contributed by atoms with Gasteiger partial charge < -0.3 is 10.6 Å². The van der Waals surface area contributed by atoms with Crippen molar-refractivity contribution in [3.63, 3.8) is 0 Å². The van der Waals surface area contributed by atoms with E-state index in [1.807, 2.05) is 18.7 Å². The number of hydrogen-bond acceptors (Lipinski definition) is 3. The summed E-state index contributed by atoms with van der Waals surface area (Å²) in [4.78, 5) is 16.5. The number of piperazine rings is 1. The summed E-state index contributed by atoms with van der Waals surface area (Å²) >= 11 is 0. The number of nitrogens with two attached hydrogens (primary N) is 1. The zero-order valence-corrected chi connectivity index (χ0v) is 10.4. The second kappa shape index (κ2) is 4.72. The molecule has 2 aliphatic rings. The van der Waals surface area contributed by atoms with Gasteiger partial charge in [0.15, 0.2) is 0 Å². The number of carbonyl (C=O) groups is 1. The summed E-state index contributed by atoms with van der Waals surface area (Å²) in [5.41, 5.74) is 5.89. The lowest BCUT2D eigenvalue weighted by molar-refractivity contribution is -0.135. The normalized spacial score (nSPS) is 24.9. The topological polar surface area (TPSA) is 49.6 Å². The van der Waals surface area contributed by atoms with Crippen LogP contribution >= 0.6 is 0 Å². The van der Waals surface area contributed by atoms with Crippen molar-refractivity contribution in [2.24, 2.45) is 11.7 Å². The van der Waals surface area contributed by atoms with Gasteiger partial charge in [-0.1, -0.05) is 13.8 Å². The van der Waals surface area contributed by atoms with Crippen molar-refractivity contribution in [1.82, 2.24) is 9.80 Å². The first-order chi connectivity index (χ1) is 7.59. The van der Waals surface area contributed by atoms with Gasteiger partial charge in [-0.15, -0.1) is 0 Å². The number of amides is 1. The molecule has 0 aromatic rings. The van der Waals surface area contributed by atoms with E-state index in [4.69, 9.17) is 5.73 Å². The minimum Gasteiger partial charge on any atom is -0.339 e. The fourth-order valence-electron chi connectivity index (χ4n) is 2.24. The predicted molar refractivity (Wildman–Crippen MR) is 64.0 cm³/mol. The molecular formula is C12H23N3O. The molecule has 1 saturated heterocycles. The highest BCUT2D eigenvalue weighted by molar-refractivity contribution is 5.82. The Labute approximate surface area is 97.8 Å². The van der Waals surface area contributed by atoms with Crippen LogP contribution in [0.5, 0.6) is 0 Å². The molecule has 0 bridgehead atoms. The second-order valence-electron chi connectivity index (χ2n) is 5.36. The molecule has 0 aromatic carbocycles. The Hall–Kier alpha value is -0.610. The van der Waals surface area contributed by atoms with Gasteiger partial charge in [-0.2, -0.15) is 0 Å². The average Bonchev–Trinajstić information content (AvgIpc) is 3.11. The van der Waals surface area contributed by atoms with E-state index in [2.05, 4.69) is 4.90 Å². The lowest BCUT2D eigenvalue weighted by Gasteiger charge is -2.36. The molecular weight excluding hydrogens is 202 g/mol. The minimum atomic E-state index is -0.326. The maximum Gasteiger partial charge on any atom is 0.239 e. The van der Waals surface area contributed by atoms with Crippen LogP contribution in [0.4, 0.5) is 0 Å². The highest BCUT2D eigenvalue weighted by Crippen LogP contribution is 2.27. The summed E-state index contributed by atoms with van der Waals surface area (Å²) in [7, 11) is 0. The Kier molecular flexibility index (Phi) is 3.50. The molecule has 4 heteroatoms. The quantitative estimate of drug-likeness (QED) is 0.750. The molecule has 2 N–H and O–H groups in total. The molecule has 92 valence electrons. The van der Waals surface area contributed by atoms with Crippen LogP contribution in [-0.2, 0) is 4.79 Å². The van der Waals surface area contributed by atoms with Crippen LogP contribution < -0.4 is 5.73 Å². The van der Waals surface area contributed by atoms with Gasteiger partial charge >= 0.3 is 0 Å². The van der Waals surface area contributed by atoms with Crippen LogP contribution in [0, 0.1) is 5.92 Å². The van der Waals surface area contributed by atoms with Gasteiger partial charge in [-0.25, -0.2) is 0 Å². The highest BCUT2D eigenvalue weighted by atomic mass is 16.2. The van der Waals surface area contributed by atoms with E-state index >= 15 is 0 Å². The summed E-state index contributed by atoms with van der Waals surface area (Å²) in [6, 6.07) is 0.489. The molecule has 4 nitrogen and oxygen atoms in total. The standard InChI is InChI=1S/C12H23N3O/c1-9(2)11(13)12(16)15-7-5-14(6-8-15)10-3-4-10/h9-11H,3-8,13H2,1-2H3/t11-/m0/s1. The van der Waals surface area contributed by atoms with Crippen molar-refractivity contribution in [2.45, 2.75) is 38.8 Å². The SMILES string of the molecule is CC(C)[C@H](N)C(=O)N1CCN(C2CC2)CC1. The fraction of sp³-hybridized carbons (Fsp3) is 0.917. The molecule has 16 heavy (non-hydrogen) atoms. The van der Waals surface area contributed by atoms with E-state index in [9.17, 15) is 4.79 Å². The maximum absolute atomic E-state index is 12.0. The van der Waals surface area contributed by atoms with Crippen LogP contribution in [0.15, 0.2) is 0 Å². The third-order valence-electron chi connectivity index (χ3n) is 3.69. The van der Waals surface area contributed by atoms with Gasteiger partial charge in [-0.3, -0.25) is 9.69 Å². The van der Waals surface area contributed by atoms with Gasteiger partial charge in [0.05, 0.1) is 6.04 Å². The summed E-state index contributed by atoms with van der Waals surface area (Å²) in [5.74, 6) is 0.361. The maximum atomic E-state index is 12.0. The molecule has 1 aliphatic carbocycles. The molecule has 0 aromatic heterocycles. The lowest BCUT2D eigenvalue weighted by Crippen LogP contribution is -2.54. The van der Waals surface area contributed by atoms with Gasteiger partial charge in [0.2, 0.25) is 5.91 Å². The van der Waals surface area contributed by atoms with Crippen molar-refractivity contribution >= 4 is 5.91 Å². The van der Waals surface area contributed by atoms with Crippen LogP contribution in [-0.4, -0.2) is 54.0 Å². The minimum absolute atomic E-state index is 0.130. The average molecular weight is 225 g/mol. The number of nitrogens with zero attached hydrogens (tertiary/aromatic N) is 2. The summed E-state index contributed by atoms with van der Waals surface area (Å²) < 4.78 is 0. The number of rotatable bonds is 3. The number of hydrogen-bond donors (Lipinski definition) is 1. The molecule has 1 atom stereocenters. The summed E-state index contributed by atoms with van der Waals surface area (Å²) in [5, 5.41) is 0.